The molecule has 1 unspecified atom stereocenters. The van der Waals surface area contributed by atoms with E-state index >= 15 is 0 Å². The van der Waals surface area contributed by atoms with Crippen molar-refractivity contribution in [3.8, 4) is 0 Å². The maximum absolute atomic E-state index is 11.4. The first-order valence-electron chi connectivity index (χ1n) is 4.64. The van der Waals surface area contributed by atoms with E-state index in [9.17, 15) is 9.59 Å². The Bertz CT molecular complexity index is 368. The van der Waals surface area contributed by atoms with Crippen molar-refractivity contribution in [1.29, 1.82) is 0 Å². The molecule has 0 aliphatic carbocycles. The number of nitrogens with one attached hydrogen (secondary N) is 1. The minimum absolute atomic E-state index is 0.0848. The number of amides is 1. The molecule has 86 valence electrons. The molecule has 0 fully saturated rings. The number of carboxylic acids is 1. The van der Waals surface area contributed by atoms with Crippen molar-refractivity contribution in [2.75, 3.05) is 5.32 Å². The van der Waals surface area contributed by atoms with Crippen LogP contribution in [0.4, 0.5) is 5.82 Å². The standard InChI is InChI=1S/C9H12N4O3/c10-6(1-2-8(14)15)9(16)13-7-5-11-3-4-12-7/h3-6H,1-2,10H2,(H,14,15)(H,12,13,16). The van der Waals surface area contributed by atoms with E-state index in [2.05, 4.69) is 15.3 Å². The van der Waals surface area contributed by atoms with Crippen LogP contribution in [0.2, 0.25) is 0 Å². The SMILES string of the molecule is NC(CCC(=O)O)C(=O)Nc1cnccn1. The summed E-state index contributed by atoms with van der Waals surface area (Å²) in [6, 6.07) is -0.863. The highest BCUT2D eigenvalue weighted by molar-refractivity contribution is 5.93. The normalized spacial score (nSPS) is 11.8. The van der Waals surface area contributed by atoms with E-state index in [1.54, 1.807) is 0 Å². The van der Waals surface area contributed by atoms with Gasteiger partial charge in [0, 0.05) is 18.8 Å². The van der Waals surface area contributed by atoms with Gasteiger partial charge in [0.15, 0.2) is 5.82 Å². The first kappa shape index (κ1) is 12.1. The fourth-order valence-electron chi connectivity index (χ4n) is 0.993. The number of aromatic nitrogens is 2. The maximum atomic E-state index is 11.4. The topological polar surface area (TPSA) is 118 Å². The van der Waals surface area contributed by atoms with Crippen LogP contribution in [-0.2, 0) is 9.59 Å². The quantitative estimate of drug-likeness (QED) is 0.626. The van der Waals surface area contributed by atoms with Crippen molar-refractivity contribution < 1.29 is 14.7 Å². The summed E-state index contributed by atoms with van der Waals surface area (Å²) in [5.41, 5.74) is 5.49. The third kappa shape index (κ3) is 4.01. The van der Waals surface area contributed by atoms with Crippen molar-refractivity contribution in [3.63, 3.8) is 0 Å². The van der Waals surface area contributed by atoms with Gasteiger partial charge in [0.2, 0.25) is 5.91 Å². The summed E-state index contributed by atoms with van der Waals surface area (Å²) in [7, 11) is 0. The molecule has 0 spiro atoms. The Balaban J connectivity index is 2.43. The van der Waals surface area contributed by atoms with E-state index in [1.807, 2.05) is 0 Å². The average Bonchev–Trinajstić information content (AvgIpc) is 2.27. The van der Waals surface area contributed by atoms with Crippen LogP contribution in [0.5, 0.6) is 0 Å². The van der Waals surface area contributed by atoms with E-state index in [0.29, 0.717) is 5.82 Å². The van der Waals surface area contributed by atoms with Gasteiger partial charge in [-0.15, -0.1) is 0 Å². The van der Waals surface area contributed by atoms with Crippen LogP contribution in [0, 0.1) is 0 Å². The van der Waals surface area contributed by atoms with Crippen LogP contribution < -0.4 is 11.1 Å². The molecule has 1 atom stereocenters. The number of aliphatic carboxylic acids is 1. The van der Waals surface area contributed by atoms with Gasteiger partial charge in [0.1, 0.15) is 0 Å². The van der Waals surface area contributed by atoms with E-state index in [-0.39, 0.29) is 12.8 Å². The molecule has 0 saturated heterocycles. The summed E-state index contributed by atoms with van der Waals surface area (Å²) in [6.07, 6.45) is 4.22. The number of carbonyl (C=O) groups excluding carboxylic acids is 1. The van der Waals surface area contributed by atoms with Gasteiger partial charge >= 0.3 is 5.97 Å². The van der Waals surface area contributed by atoms with Crippen LogP contribution in [0.15, 0.2) is 18.6 Å². The molecule has 0 radical (unpaired) electrons. The summed E-state index contributed by atoms with van der Waals surface area (Å²) in [6.45, 7) is 0. The highest BCUT2D eigenvalue weighted by atomic mass is 16.4. The van der Waals surface area contributed by atoms with E-state index in [1.165, 1.54) is 18.6 Å². The van der Waals surface area contributed by atoms with Crippen molar-refractivity contribution in [2.24, 2.45) is 5.73 Å². The molecule has 1 amide bonds. The van der Waals surface area contributed by atoms with Crippen molar-refractivity contribution in [1.82, 2.24) is 9.97 Å². The fraction of sp³-hybridized carbons (Fsp3) is 0.333. The third-order valence-corrected chi connectivity index (χ3v) is 1.82. The molecule has 0 aliphatic heterocycles. The minimum Gasteiger partial charge on any atom is -0.481 e. The lowest BCUT2D eigenvalue weighted by Gasteiger charge is -2.09. The van der Waals surface area contributed by atoms with Crippen LogP contribution in [0.3, 0.4) is 0 Å². The molecule has 4 N–H and O–H groups in total. The van der Waals surface area contributed by atoms with Crippen LogP contribution in [0.25, 0.3) is 0 Å². The minimum atomic E-state index is -0.984. The first-order valence-corrected chi connectivity index (χ1v) is 4.64. The lowest BCUT2D eigenvalue weighted by molar-refractivity contribution is -0.137. The second kappa shape index (κ2) is 5.76. The summed E-state index contributed by atoms with van der Waals surface area (Å²) < 4.78 is 0. The third-order valence-electron chi connectivity index (χ3n) is 1.82. The van der Waals surface area contributed by atoms with Gasteiger partial charge in [-0.1, -0.05) is 0 Å². The Hall–Kier alpha value is -2.02. The molecule has 1 rings (SSSR count). The largest absolute Gasteiger partial charge is 0.481 e. The smallest absolute Gasteiger partial charge is 0.303 e. The molecule has 0 saturated carbocycles. The molecule has 7 nitrogen and oxygen atoms in total. The van der Waals surface area contributed by atoms with Crippen molar-refractivity contribution in [3.05, 3.63) is 18.6 Å². The lowest BCUT2D eigenvalue weighted by atomic mass is 10.1. The molecule has 16 heavy (non-hydrogen) atoms. The van der Waals surface area contributed by atoms with Gasteiger partial charge in [0.05, 0.1) is 12.2 Å². The number of anilines is 1. The lowest BCUT2D eigenvalue weighted by Crippen LogP contribution is -2.36. The number of carbonyl (C=O) groups is 2. The summed E-state index contributed by atoms with van der Waals surface area (Å²) in [4.78, 5) is 29.3. The van der Waals surface area contributed by atoms with E-state index in [4.69, 9.17) is 10.8 Å². The predicted octanol–water partition coefficient (Wildman–Crippen LogP) is -0.393. The fourth-order valence-corrected chi connectivity index (χ4v) is 0.993. The molecular formula is C9H12N4O3. The number of nitrogens with two attached hydrogens (primary N) is 1. The Kier molecular flexibility index (Phi) is 4.34. The second-order valence-electron chi connectivity index (χ2n) is 3.12. The zero-order valence-electron chi connectivity index (χ0n) is 8.46. The predicted molar refractivity (Wildman–Crippen MR) is 55.5 cm³/mol. The van der Waals surface area contributed by atoms with Gasteiger partial charge < -0.3 is 16.2 Å². The number of carboxylic acid groups (broad SMARTS) is 1. The van der Waals surface area contributed by atoms with Crippen molar-refractivity contribution in [2.45, 2.75) is 18.9 Å². The molecule has 1 heterocycles. The van der Waals surface area contributed by atoms with Gasteiger partial charge in [-0.2, -0.15) is 0 Å². The summed E-state index contributed by atoms with van der Waals surface area (Å²) >= 11 is 0. The molecular weight excluding hydrogens is 212 g/mol. The zero-order valence-corrected chi connectivity index (χ0v) is 8.46. The summed E-state index contributed by atoms with van der Waals surface area (Å²) in [5.74, 6) is -1.16. The van der Waals surface area contributed by atoms with Gasteiger partial charge in [0.25, 0.3) is 0 Å². The van der Waals surface area contributed by atoms with E-state index < -0.39 is 17.9 Å². The summed E-state index contributed by atoms with van der Waals surface area (Å²) in [5, 5.41) is 10.9. The van der Waals surface area contributed by atoms with Gasteiger partial charge in [-0.25, -0.2) is 4.98 Å². The number of hydrogen-bond donors (Lipinski definition) is 3. The monoisotopic (exact) mass is 224 g/mol. The van der Waals surface area contributed by atoms with Crippen molar-refractivity contribution >= 4 is 17.7 Å². The molecule has 0 aromatic carbocycles. The molecule has 1 aromatic rings. The van der Waals surface area contributed by atoms with Crippen LogP contribution >= 0.6 is 0 Å². The number of rotatable bonds is 5. The molecule has 0 aliphatic rings. The molecule has 7 heteroatoms. The number of hydrogen-bond acceptors (Lipinski definition) is 5. The molecule has 0 bridgehead atoms. The first-order chi connectivity index (χ1) is 7.59. The maximum Gasteiger partial charge on any atom is 0.303 e. The van der Waals surface area contributed by atoms with E-state index in [0.717, 1.165) is 0 Å². The molecule has 1 aromatic heterocycles. The van der Waals surface area contributed by atoms with Gasteiger partial charge in [-0.05, 0) is 6.42 Å². The van der Waals surface area contributed by atoms with Crippen LogP contribution in [0.1, 0.15) is 12.8 Å². The highest BCUT2D eigenvalue weighted by Crippen LogP contribution is 2.01. The van der Waals surface area contributed by atoms with Gasteiger partial charge in [-0.3, -0.25) is 14.6 Å². The Morgan fingerprint density at radius 1 is 1.50 bits per heavy atom. The van der Waals surface area contributed by atoms with Crippen LogP contribution in [-0.4, -0.2) is 33.0 Å². The average molecular weight is 224 g/mol. The Morgan fingerprint density at radius 2 is 2.25 bits per heavy atom. The zero-order chi connectivity index (χ0) is 12.0. The Morgan fingerprint density at radius 3 is 2.81 bits per heavy atom. The highest BCUT2D eigenvalue weighted by Gasteiger charge is 2.15. The second-order valence-corrected chi connectivity index (χ2v) is 3.12. The number of nitrogens with zero attached hydrogens (tertiary/aromatic N) is 2. The Labute approximate surface area is 91.7 Å².